The molecule has 65 heavy (non-hydrogen) atoms. The number of aromatic nitrogens is 4. The number of carbonyl (C=O) groups excluding carboxylic acids is 4. The van der Waals surface area contributed by atoms with Crippen LogP contribution in [0.1, 0.15) is 81.2 Å². The number of nitrogens with two attached hydrogens (primary N) is 1. The van der Waals surface area contributed by atoms with Crippen molar-refractivity contribution in [1.29, 1.82) is 5.26 Å². The lowest BCUT2D eigenvalue weighted by molar-refractivity contribution is -0.118. The first-order valence-electron chi connectivity index (χ1n) is 19.2. The third-order valence-corrected chi connectivity index (χ3v) is 9.66. The number of nitrogens with zero attached hydrogens (tertiary/aromatic N) is 5. The predicted octanol–water partition coefficient (Wildman–Crippen LogP) is 5.53. The van der Waals surface area contributed by atoms with E-state index in [0.29, 0.717) is 43.5 Å². The third kappa shape index (κ3) is 17.1. The number of halogens is 4. The average Bonchev–Trinajstić information content (AvgIpc) is 3.19. The predicted molar refractivity (Wildman–Crippen MR) is 245 cm³/mol. The van der Waals surface area contributed by atoms with Crippen LogP contribution in [0.25, 0.3) is 4.85 Å². The molecule has 4 rings (SSSR count). The summed E-state index contributed by atoms with van der Waals surface area (Å²) in [6.45, 7) is 16.9. The first kappa shape index (κ1) is 54.4. The molecule has 0 aliphatic rings. The van der Waals surface area contributed by atoms with Crippen LogP contribution in [0.15, 0.2) is 60.8 Å². The number of hydrogen-bond donors (Lipinski definition) is 5. The van der Waals surface area contributed by atoms with E-state index in [1.165, 1.54) is 33.7 Å². The number of amides is 4. The lowest BCUT2D eigenvalue weighted by atomic mass is 10.1. The molecular weight excluding hydrogens is 934 g/mol. The highest BCUT2D eigenvalue weighted by atomic mass is 35.5. The Balaban J connectivity index is 0.000000384. The van der Waals surface area contributed by atoms with Gasteiger partial charge in [-0.15, -0.1) is 0 Å². The molecule has 0 unspecified atom stereocenters. The summed E-state index contributed by atoms with van der Waals surface area (Å²) >= 11 is 25.0. The number of H-pyrrole nitrogens is 2. The average molecular weight is 979 g/mol. The molecule has 6 N–H and O–H groups in total. The van der Waals surface area contributed by atoms with Crippen LogP contribution in [0.3, 0.4) is 0 Å². The largest absolute Gasteiger partial charge is 0.450 e. The summed E-state index contributed by atoms with van der Waals surface area (Å²) < 4.78 is 11.6. The molecule has 0 spiro atoms. The SMILES string of the molecule is CC(C)c1cn(Cc2c(Cl)cc(N)cc2Cl)c(=O)[nH]c1=O.CCOC(=O)NC(=O)C(C#N)=NCc1cc(Cl)c(Cn2cc(C(C)C)c(=O)[nH]c2=O)c(Cl)c1.[C-]#[N+]CC(=O)NC(=O)OCC. The number of anilines is 1. The highest BCUT2D eigenvalue weighted by molar-refractivity contribution is 6.46. The second-order valence-corrected chi connectivity index (χ2v) is 15.4. The molecule has 2 aromatic heterocycles. The molecule has 0 saturated carbocycles. The van der Waals surface area contributed by atoms with Crippen LogP contribution in [0.5, 0.6) is 0 Å². The van der Waals surface area contributed by atoms with Gasteiger partial charge in [0.1, 0.15) is 6.07 Å². The molecule has 2 aromatic carbocycles. The summed E-state index contributed by atoms with van der Waals surface area (Å²) in [7, 11) is 0. The van der Waals surface area contributed by atoms with Crippen molar-refractivity contribution in [2.75, 3.05) is 25.5 Å². The maximum Gasteiger partial charge on any atom is 0.414 e. The van der Waals surface area contributed by atoms with Crippen molar-refractivity contribution in [3.8, 4) is 6.07 Å². The van der Waals surface area contributed by atoms with Gasteiger partial charge in [0.15, 0.2) is 0 Å². The number of carbonyl (C=O) groups is 4. The number of benzene rings is 2. The van der Waals surface area contributed by atoms with Crippen molar-refractivity contribution in [2.24, 2.45) is 4.99 Å². The summed E-state index contributed by atoms with van der Waals surface area (Å²) in [6.07, 6.45) is 1.22. The van der Waals surface area contributed by atoms with E-state index in [2.05, 4.69) is 29.3 Å². The number of nitrogen functional groups attached to an aromatic ring is 1. The third-order valence-electron chi connectivity index (χ3n) is 8.31. The van der Waals surface area contributed by atoms with E-state index in [1.807, 2.05) is 38.3 Å². The van der Waals surface area contributed by atoms with Gasteiger partial charge >= 0.3 is 29.5 Å². The maximum absolute atomic E-state index is 12.2. The summed E-state index contributed by atoms with van der Waals surface area (Å²) in [4.78, 5) is 103. The Morgan fingerprint density at radius 3 is 1.58 bits per heavy atom. The van der Waals surface area contributed by atoms with Gasteiger partial charge in [-0.05, 0) is 55.5 Å². The monoisotopic (exact) mass is 976 g/mol. The van der Waals surface area contributed by atoms with E-state index >= 15 is 0 Å². The molecule has 0 fully saturated rings. The summed E-state index contributed by atoms with van der Waals surface area (Å²) in [5.41, 5.74) is 6.12. The fraction of sp³-hybridized carbons (Fsp3) is 0.341. The molecule has 24 heteroatoms. The number of hydrogen-bond acceptors (Lipinski definition) is 13. The van der Waals surface area contributed by atoms with Gasteiger partial charge in [0.05, 0.1) is 32.8 Å². The zero-order chi connectivity index (χ0) is 49.1. The Hall–Kier alpha value is -6.71. The van der Waals surface area contributed by atoms with Gasteiger partial charge in [-0.2, -0.15) is 5.26 Å². The number of alkyl carbamates (subject to hydrolysis) is 2. The molecule has 4 amide bonds. The van der Waals surface area contributed by atoms with Crippen molar-refractivity contribution in [2.45, 2.75) is 73.0 Å². The minimum absolute atomic E-state index is 0.00189. The molecule has 0 bridgehead atoms. The van der Waals surface area contributed by atoms with Crippen LogP contribution in [0.4, 0.5) is 15.3 Å². The maximum atomic E-state index is 12.2. The first-order chi connectivity index (χ1) is 30.6. The Morgan fingerprint density at radius 1 is 0.785 bits per heavy atom. The molecule has 0 aliphatic carbocycles. The molecule has 0 aliphatic heterocycles. The van der Waals surface area contributed by atoms with Gasteiger partial charge in [0.2, 0.25) is 5.71 Å². The van der Waals surface area contributed by atoms with Crippen LogP contribution in [-0.4, -0.2) is 68.6 Å². The van der Waals surface area contributed by atoms with Crippen LogP contribution < -0.4 is 38.9 Å². The van der Waals surface area contributed by atoms with Gasteiger partial charge in [0.25, 0.3) is 23.6 Å². The van der Waals surface area contributed by atoms with Crippen molar-refractivity contribution < 1.29 is 28.7 Å². The number of aromatic amines is 2. The fourth-order valence-electron chi connectivity index (χ4n) is 5.16. The summed E-state index contributed by atoms with van der Waals surface area (Å²) in [5, 5.41) is 14.1. The zero-order valence-electron chi connectivity index (χ0n) is 35.8. The molecule has 0 radical (unpaired) electrons. The topological polar surface area (TPSA) is 287 Å². The Morgan fingerprint density at radius 2 is 1.20 bits per heavy atom. The van der Waals surface area contributed by atoms with E-state index in [9.17, 15) is 38.4 Å². The molecule has 346 valence electrons. The molecule has 20 nitrogen and oxygen atoms in total. The van der Waals surface area contributed by atoms with Crippen molar-refractivity contribution >= 4 is 81.8 Å². The second kappa shape index (κ2) is 26.2. The van der Waals surface area contributed by atoms with Gasteiger partial charge in [-0.1, -0.05) is 74.1 Å². The van der Waals surface area contributed by atoms with E-state index in [1.54, 1.807) is 32.0 Å². The number of aliphatic imine (C=N–C) groups is 1. The molecule has 0 saturated heterocycles. The van der Waals surface area contributed by atoms with Gasteiger partial charge in [-0.3, -0.25) is 53.9 Å². The Bertz CT molecular complexity index is 2720. The summed E-state index contributed by atoms with van der Waals surface area (Å²) in [6, 6.07) is 7.82. The number of imide groups is 2. The molecule has 0 atom stereocenters. The van der Waals surface area contributed by atoms with E-state index in [-0.39, 0.29) is 66.8 Å². The van der Waals surface area contributed by atoms with Crippen molar-refractivity contribution in [3.05, 3.63) is 138 Å². The quantitative estimate of drug-likeness (QED) is 0.0666. The van der Waals surface area contributed by atoms with Gasteiger partial charge < -0.3 is 20.1 Å². The molecule has 2 heterocycles. The number of nitriles is 1. The van der Waals surface area contributed by atoms with Crippen LogP contribution >= 0.6 is 46.4 Å². The second-order valence-electron chi connectivity index (χ2n) is 13.8. The van der Waals surface area contributed by atoms with Crippen LogP contribution in [-0.2, 0) is 38.7 Å². The van der Waals surface area contributed by atoms with Gasteiger partial charge in [-0.25, -0.2) is 25.8 Å². The van der Waals surface area contributed by atoms with E-state index in [0.717, 1.165) is 0 Å². The standard InChI is InChI=1S/C21H21Cl2N5O5.C14H15Cl2N3O2.C6H8N2O3/c1-4-33-21(32)27-19(30)17(7-24)25-8-12-5-15(22)14(16(23)6-12)10-28-9-13(11(2)3)18(29)26-20(28)31;1-7(2)9-5-19(14(21)18-13(9)20)6-10-11(15)3-8(17)4-12(10)16;1-3-11-6(10)8-5(9)4-7-2/h5-6,9,11H,4,8,10H2,1-3H3,(H,26,29,31)(H,27,30,32);3-5,7H,6,17H2,1-2H3,(H,18,20,21);3-4H2,1H3,(H,8,9,10). The first-order valence-corrected chi connectivity index (χ1v) is 20.7. The summed E-state index contributed by atoms with van der Waals surface area (Å²) in [5.74, 6) is -1.73. The van der Waals surface area contributed by atoms with Crippen LogP contribution in [0, 0.1) is 17.9 Å². The fourth-order valence-corrected chi connectivity index (χ4v) is 6.44. The molecule has 4 aromatic rings. The van der Waals surface area contributed by atoms with E-state index in [4.69, 9.17) is 64.0 Å². The highest BCUT2D eigenvalue weighted by Gasteiger charge is 2.17. The normalized spacial score (nSPS) is 10.6. The van der Waals surface area contributed by atoms with Crippen molar-refractivity contribution in [1.82, 2.24) is 29.7 Å². The Labute approximate surface area is 391 Å². The minimum atomic E-state index is -0.997. The molecular formula is C41H44Cl4N10O10. The number of ether oxygens (including phenoxy) is 2. The number of nitrogens with one attached hydrogen (secondary N) is 4. The lowest BCUT2D eigenvalue weighted by Gasteiger charge is -2.13. The number of rotatable bonds is 12. The van der Waals surface area contributed by atoms with Gasteiger partial charge in [0, 0.05) is 60.4 Å². The van der Waals surface area contributed by atoms with Crippen LogP contribution in [0.2, 0.25) is 20.1 Å². The van der Waals surface area contributed by atoms with E-state index < -0.39 is 46.7 Å². The Kier molecular flexibility index (Phi) is 21.9. The highest BCUT2D eigenvalue weighted by Crippen LogP contribution is 2.29. The lowest BCUT2D eigenvalue weighted by Crippen LogP contribution is -2.36. The zero-order valence-corrected chi connectivity index (χ0v) is 38.8. The van der Waals surface area contributed by atoms with Crippen molar-refractivity contribution in [3.63, 3.8) is 0 Å². The minimum Gasteiger partial charge on any atom is -0.450 e. The smallest absolute Gasteiger partial charge is 0.414 e.